The normalized spacial score (nSPS) is 15.4. The van der Waals surface area contributed by atoms with Gasteiger partial charge in [0, 0.05) is 19.2 Å². The summed E-state index contributed by atoms with van der Waals surface area (Å²) in [6.45, 7) is 9.21. The van der Waals surface area contributed by atoms with E-state index in [1.54, 1.807) is 13.1 Å². The number of rotatable bonds is 14. The maximum absolute atomic E-state index is 13.8. The summed E-state index contributed by atoms with van der Waals surface area (Å²) in [5.74, 6) is -0.0587. The lowest BCUT2D eigenvalue weighted by atomic mass is 9.85. The Morgan fingerprint density at radius 1 is 1.00 bits per heavy atom. The first kappa shape index (κ1) is 33.3. The van der Waals surface area contributed by atoms with E-state index >= 15 is 0 Å². The molecule has 2 amide bonds. The van der Waals surface area contributed by atoms with Crippen molar-refractivity contribution in [2.75, 3.05) is 33.5 Å². The van der Waals surface area contributed by atoms with Crippen molar-refractivity contribution in [3.05, 3.63) is 54.1 Å². The van der Waals surface area contributed by atoms with Crippen LogP contribution in [0.1, 0.15) is 40.2 Å². The SMILES string of the molecule is CNCC(=O)NC(C(=O)NC(Cc1ccccc1)C(O)CN(CC(C)C)S(=O)(=O)c1ccc2c(c1)OCO2)C(C)(C)C. The van der Waals surface area contributed by atoms with Crippen molar-refractivity contribution < 1.29 is 32.6 Å². The summed E-state index contributed by atoms with van der Waals surface area (Å²) < 4.78 is 39.6. The second-order valence-corrected chi connectivity index (χ2v) is 13.9. The van der Waals surface area contributed by atoms with E-state index < -0.39 is 39.5 Å². The molecule has 0 aromatic heterocycles. The minimum Gasteiger partial charge on any atom is -0.454 e. The number of benzene rings is 2. The van der Waals surface area contributed by atoms with Crippen LogP contribution in [0.25, 0.3) is 0 Å². The number of nitrogens with one attached hydrogen (secondary N) is 3. The number of aliphatic hydroxyl groups excluding tert-OH is 1. The van der Waals surface area contributed by atoms with Crippen LogP contribution in [0.3, 0.4) is 0 Å². The predicted octanol–water partition coefficient (Wildman–Crippen LogP) is 1.90. The molecule has 42 heavy (non-hydrogen) atoms. The highest BCUT2D eigenvalue weighted by atomic mass is 32.2. The molecule has 3 rings (SSSR count). The molecular formula is C30H44N4O7S. The fourth-order valence-corrected chi connectivity index (χ4v) is 6.30. The van der Waals surface area contributed by atoms with Crippen LogP contribution in [0.15, 0.2) is 53.4 Å². The van der Waals surface area contributed by atoms with Crippen LogP contribution in [0.5, 0.6) is 11.5 Å². The van der Waals surface area contributed by atoms with Crippen molar-refractivity contribution in [3.8, 4) is 11.5 Å². The number of sulfonamides is 1. The fraction of sp³-hybridized carbons (Fsp3) is 0.533. The number of carbonyl (C=O) groups is 2. The molecule has 1 heterocycles. The van der Waals surface area contributed by atoms with Gasteiger partial charge in [-0.15, -0.1) is 0 Å². The van der Waals surface area contributed by atoms with Gasteiger partial charge in [0.2, 0.25) is 28.6 Å². The summed E-state index contributed by atoms with van der Waals surface area (Å²) in [7, 11) is -2.41. The molecule has 1 aliphatic heterocycles. The maximum Gasteiger partial charge on any atom is 0.243 e. The lowest BCUT2D eigenvalue weighted by molar-refractivity contribution is -0.132. The molecule has 3 unspecified atom stereocenters. The average molecular weight is 605 g/mol. The standard InChI is InChI=1S/C30H44N4O7S/c1-20(2)17-34(42(38,39)22-12-13-25-26(15-22)41-19-40-25)18-24(35)23(14-21-10-8-7-9-11-21)32-29(37)28(30(3,4)5)33-27(36)16-31-6/h7-13,15,20,23-24,28,31,35H,14,16-19H2,1-6H3,(H,32,37)(H,33,36). The van der Waals surface area contributed by atoms with Gasteiger partial charge >= 0.3 is 0 Å². The molecular weight excluding hydrogens is 560 g/mol. The average Bonchev–Trinajstić information content (AvgIpc) is 3.39. The number of likely N-dealkylation sites (N-methyl/N-ethyl adjacent to an activating group) is 1. The minimum absolute atomic E-state index is 0.0130. The smallest absolute Gasteiger partial charge is 0.243 e. The number of aliphatic hydroxyl groups is 1. The van der Waals surface area contributed by atoms with Crippen LogP contribution in [-0.2, 0) is 26.0 Å². The third-order valence-corrected chi connectivity index (χ3v) is 8.63. The Labute approximate surface area is 249 Å². The quantitative estimate of drug-likeness (QED) is 0.256. The molecule has 3 atom stereocenters. The van der Waals surface area contributed by atoms with Crippen molar-refractivity contribution in [1.82, 2.24) is 20.3 Å². The van der Waals surface area contributed by atoms with Crippen LogP contribution in [-0.4, -0.2) is 81.3 Å². The van der Waals surface area contributed by atoms with Crippen LogP contribution in [0.4, 0.5) is 0 Å². The van der Waals surface area contributed by atoms with E-state index in [0.717, 1.165) is 5.56 Å². The van der Waals surface area contributed by atoms with Crippen molar-refractivity contribution in [3.63, 3.8) is 0 Å². The lowest BCUT2D eigenvalue weighted by Crippen LogP contribution is -2.59. The lowest BCUT2D eigenvalue weighted by Gasteiger charge is -2.34. The van der Waals surface area contributed by atoms with E-state index in [9.17, 15) is 23.1 Å². The third kappa shape index (κ3) is 8.90. The van der Waals surface area contributed by atoms with Crippen molar-refractivity contribution in [2.24, 2.45) is 11.3 Å². The van der Waals surface area contributed by atoms with Gasteiger partial charge in [0.15, 0.2) is 11.5 Å². The predicted molar refractivity (Wildman–Crippen MR) is 160 cm³/mol. The molecule has 232 valence electrons. The number of hydrogen-bond acceptors (Lipinski definition) is 8. The molecule has 0 radical (unpaired) electrons. The summed E-state index contributed by atoms with van der Waals surface area (Å²) in [5, 5.41) is 20.0. The van der Waals surface area contributed by atoms with Crippen LogP contribution < -0.4 is 25.4 Å². The number of hydrogen-bond donors (Lipinski definition) is 4. The molecule has 2 aromatic rings. The Morgan fingerprint density at radius 2 is 1.67 bits per heavy atom. The molecule has 0 bridgehead atoms. The van der Waals surface area contributed by atoms with E-state index in [0.29, 0.717) is 11.5 Å². The van der Waals surface area contributed by atoms with Gasteiger partial charge in [0.1, 0.15) is 6.04 Å². The van der Waals surface area contributed by atoms with Gasteiger partial charge in [0.25, 0.3) is 0 Å². The first-order valence-electron chi connectivity index (χ1n) is 14.1. The van der Waals surface area contributed by atoms with Gasteiger partial charge in [-0.3, -0.25) is 9.59 Å². The summed E-state index contributed by atoms with van der Waals surface area (Å²) >= 11 is 0. The Morgan fingerprint density at radius 3 is 2.29 bits per heavy atom. The second kappa shape index (κ2) is 14.3. The summed E-state index contributed by atoms with van der Waals surface area (Å²) in [6, 6.07) is 12.0. The first-order valence-corrected chi connectivity index (χ1v) is 15.5. The highest BCUT2D eigenvalue weighted by molar-refractivity contribution is 7.89. The highest BCUT2D eigenvalue weighted by Crippen LogP contribution is 2.35. The number of amides is 2. The van der Waals surface area contributed by atoms with Crippen LogP contribution in [0.2, 0.25) is 0 Å². The second-order valence-electron chi connectivity index (χ2n) is 12.0. The summed E-state index contributed by atoms with van der Waals surface area (Å²) in [4.78, 5) is 26.0. The maximum atomic E-state index is 13.8. The van der Waals surface area contributed by atoms with Gasteiger partial charge in [-0.05, 0) is 42.5 Å². The monoisotopic (exact) mass is 604 g/mol. The zero-order chi connectivity index (χ0) is 31.1. The van der Waals surface area contributed by atoms with Gasteiger partial charge in [0.05, 0.1) is 23.6 Å². The molecule has 0 saturated heterocycles. The summed E-state index contributed by atoms with van der Waals surface area (Å²) in [5.41, 5.74) is 0.213. The number of carbonyl (C=O) groups excluding carboxylic acids is 2. The molecule has 1 aliphatic rings. The first-order chi connectivity index (χ1) is 19.7. The summed E-state index contributed by atoms with van der Waals surface area (Å²) in [6.07, 6.45) is -1.03. The van der Waals surface area contributed by atoms with Crippen molar-refractivity contribution >= 4 is 21.8 Å². The fourth-order valence-electron chi connectivity index (χ4n) is 4.67. The molecule has 0 fully saturated rings. The van der Waals surface area contributed by atoms with Crippen molar-refractivity contribution in [2.45, 2.75) is 64.1 Å². The largest absolute Gasteiger partial charge is 0.454 e. The minimum atomic E-state index is -4.05. The van der Waals surface area contributed by atoms with Gasteiger partial charge in [-0.1, -0.05) is 65.0 Å². The number of fused-ring (bicyclic) bond motifs is 1. The molecule has 11 nitrogen and oxygen atoms in total. The Balaban J connectivity index is 1.90. The van der Waals surface area contributed by atoms with E-state index in [1.165, 1.54) is 16.4 Å². The molecule has 2 aromatic carbocycles. The van der Waals surface area contributed by atoms with E-state index in [1.807, 2.05) is 65.0 Å². The number of nitrogens with zero attached hydrogens (tertiary/aromatic N) is 1. The van der Waals surface area contributed by atoms with Crippen LogP contribution in [0, 0.1) is 11.3 Å². The van der Waals surface area contributed by atoms with Crippen molar-refractivity contribution in [1.29, 1.82) is 0 Å². The molecule has 4 N–H and O–H groups in total. The zero-order valence-electron chi connectivity index (χ0n) is 25.2. The Hall–Kier alpha value is -3.19. The zero-order valence-corrected chi connectivity index (χ0v) is 26.0. The molecule has 0 aliphatic carbocycles. The van der Waals surface area contributed by atoms with E-state index in [4.69, 9.17) is 9.47 Å². The van der Waals surface area contributed by atoms with Gasteiger partial charge < -0.3 is 30.5 Å². The number of ether oxygens (including phenoxy) is 2. The van der Waals surface area contributed by atoms with Gasteiger partial charge in [-0.25, -0.2) is 8.42 Å². The van der Waals surface area contributed by atoms with Crippen LogP contribution >= 0.6 is 0 Å². The molecule has 0 saturated carbocycles. The highest BCUT2D eigenvalue weighted by Gasteiger charge is 2.37. The molecule has 12 heteroatoms. The molecule has 0 spiro atoms. The topological polar surface area (TPSA) is 146 Å². The Bertz CT molecular complexity index is 1310. The van der Waals surface area contributed by atoms with E-state index in [-0.39, 0.29) is 49.6 Å². The van der Waals surface area contributed by atoms with E-state index in [2.05, 4.69) is 16.0 Å². The third-order valence-electron chi connectivity index (χ3n) is 6.80. The Kier molecular flexibility index (Phi) is 11.4. The van der Waals surface area contributed by atoms with Gasteiger partial charge in [-0.2, -0.15) is 4.31 Å².